The molecule has 0 aliphatic carbocycles. The Kier molecular flexibility index (Phi) is 3.80. The molecule has 0 spiro atoms. The summed E-state index contributed by atoms with van der Waals surface area (Å²) >= 11 is 0. The molecule has 1 N–H and O–H groups in total. The van der Waals surface area contributed by atoms with Crippen molar-refractivity contribution in [3.63, 3.8) is 0 Å². The predicted octanol–water partition coefficient (Wildman–Crippen LogP) is 1.21. The number of nitrogens with one attached hydrogen (secondary N) is 1. The minimum Gasteiger partial charge on any atom is -0.495 e. The molecule has 0 radical (unpaired) electrons. The Balaban J connectivity index is 2.48. The number of sulfonamides is 1. The normalized spacial score (nSPS) is 11.1. The van der Waals surface area contributed by atoms with Crippen LogP contribution in [0.15, 0.2) is 52.3 Å². The van der Waals surface area contributed by atoms with E-state index >= 15 is 0 Å². The molecule has 0 saturated heterocycles. The molecule has 2 rings (SSSR count). The fourth-order valence-corrected chi connectivity index (χ4v) is 2.91. The number of aromatic amines is 1. The number of methoxy groups -OCH3 is 1. The van der Waals surface area contributed by atoms with Crippen molar-refractivity contribution in [2.75, 3.05) is 18.5 Å². The largest absolute Gasteiger partial charge is 0.495 e. The van der Waals surface area contributed by atoms with Gasteiger partial charge in [0.15, 0.2) is 0 Å². The van der Waals surface area contributed by atoms with Crippen LogP contribution in [-0.4, -0.2) is 27.6 Å². The molecule has 2 aromatic rings. The van der Waals surface area contributed by atoms with Gasteiger partial charge in [-0.25, -0.2) is 8.42 Å². The Labute approximate surface area is 116 Å². The van der Waals surface area contributed by atoms with Crippen LogP contribution in [0.1, 0.15) is 0 Å². The summed E-state index contributed by atoms with van der Waals surface area (Å²) in [6, 6.07) is 9.22. The molecule has 0 atom stereocenters. The number of H-pyrrole nitrogens is 1. The molecule has 1 heterocycles. The van der Waals surface area contributed by atoms with Gasteiger partial charge in [-0.05, 0) is 18.2 Å². The van der Waals surface area contributed by atoms with E-state index in [0.29, 0.717) is 11.4 Å². The Morgan fingerprint density at radius 3 is 2.45 bits per heavy atom. The number of hydrogen-bond donors (Lipinski definition) is 1. The summed E-state index contributed by atoms with van der Waals surface area (Å²) in [5.74, 6) is 0.447. The van der Waals surface area contributed by atoms with E-state index in [9.17, 15) is 13.2 Å². The Morgan fingerprint density at radius 2 is 1.85 bits per heavy atom. The minimum atomic E-state index is -3.76. The summed E-state index contributed by atoms with van der Waals surface area (Å²) in [6.07, 6.45) is 1.17. The first kappa shape index (κ1) is 14.1. The van der Waals surface area contributed by atoms with Gasteiger partial charge >= 0.3 is 0 Å². The van der Waals surface area contributed by atoms with Gasteiger partial charge < -0.3 is 9.72 Å². The second-order valence-electron chi connectivity index (χ2n) is 4.03. The molecule has 1 aromatic heterocycles. The number of anilines is 1. The highest BCUT2D eigenvalue weighted by molar-refractivity contribution is 7.92. The van der Waals surface area contributed by atoms with Gasteiger partial charge in [0.25, 0.3) is 10.0 Å². The first-order valence-electron chi connectivity index (χ1n) is 5.77. The van der Waals surface area contributed by atoms with Crippen LogP contribution < -0.4 is 14.6 Å². The molecule has 0 unspecified atom stereocenters. The maximum atomic E-state index is 12.5. The quantitative estimate of drug-likeness (QED) is 0.919. The van der Waals surface area contributed by atoms with Gasteiger partial charge in [0, 0.05) is 19.3 Å². The highest BCUT2D eigenvalue weighted by atomic mass is 32.2. The van der Waals surface area contributed by atoms with Crippen molar-refractivity contribution in [2.45, 2.75) is 4.90 Å². The van der Waals surface area contributed by atoms with Crippen molar-refractivity contribution in [1.29, 1.82) is 0 Å². The summed E-state index contributed by atoms with van der Waals surface area (Å²) in [7, 11) is -0.858. The smallest absolute Gasteiger partial charge is 0.265 e. The topological polar surface area (TPSA) is 79.5 Å². The summed E-state index contributed by atoms with van der Waals surface area (Å²) in [5.41, 5.74) is 0.0603. The van der Waals surface area contributed by atoms with Crippen LogP contribution in [0, 0.1) is 0 Å². The van der Waals surface area contributed by atoms with Gasteiger partial charge in [-0.15, -0.1) is 0 Å². The number of hydrogen-bond acceptors (Lipinski definition) is 4. The van der Waals surface area contributed by atoms with Gasteiger partial charge in [-0.2, -0.15) is 0 Å². The number of para-hydroxylation sites is 2. The van der Waals surface area contributed by atoms with E-state index < -0.39 is 10.0 Å². The molecule has 0 aliphatic rings. The number of benzene rings is 1. The second kappa shape index (κ2) is 5.38. The third kappa shape index (κ3) is 2.53. The summed E-state index contributed by atoms with van der Waals surface area (Å²) in [6.45, 7) is 0. The molecule has 1 aromatic carbocycles. The van der Waals surface area contributed by atoms with Crippen LogP contribution >= 0.6 is 0 Å². The molecule has 20 heavy (non-hydrogen) atoms. The average molecular weight is 294 g/mol. The molecule has 0 fully saturated rings. The van der Waals surface area contributed by atoms with E-state index in [1.807, 2.05) is 0 Å². The van der Waals surface area contributed by atoms with E-state index in [2.05, 4.69) is 4.98 Å². The standard InChI is InChI=1S/C13H14N2O4S/c1-15(11-5-3-4-6-12(11)19-2)20(17,18)10-7-8-13(16)14-9-10/h3-9H,1-2H3,(H,14,16). The van der Waals surface area contributed by atoms with E-state index in [1.165, 1.54) is 32.5 Å². The van der Waals surface area contributed by atoms with Crippen molar-refractivity contribution < 1.29 is 13.2 Å². The van der Waals surface area contributed by atoms with Gasteiger partial charge in [-0.3, -0.25) is 9.10 Å². The zero-order valence-electron chi connectivity index (χ0n) is 11.0. The predicted molar refractivity (Wildman–Crippen MR) is 75.6 cm³/mol. The van der Waals surface area contributed by atoms with Crippen LogP contribution in [0.2, 0.25) is 0 Å². The summed E-state index contributed by atoms with van der Waals surface area (Å²) < 4.78 is 31.2. The lowest BCUT2D eigenvalue weighted by Gasteiger charge is -2.21. The Morgan fingerprint density at radius 1 is 1.15 bits per heavy atom. The number of rotatable bonds is 4. The number of ether oxygens (including phenoxy) is 1. The van der Waals surface area contributed by atoms with E-state index in [0.717, 1.165) is 4.31 Å². The highest BCUT2D eigenvalue weighted by Crippen LogP contribution is 2.30. The van der Waals surface area contributed by atoms with Crippen LogP contribution in [-0.2, 0) is 10.0 Å². The fourth-order valence-electron chi connectivity index (χ4n) is 1.73. The molecule has 6 nitrogen and oxygen atoms in total. The highest BCUT2D eigenvalue weighted by Gasteiger charge is 2.23. The van der Waals surface area contributed by atoms with Crippen molar-refractivity contribution in [3.8, 4) is 5.75 Å². The summed E-state index contributed by atoms with van der Waals surface area (Å²) in [5, 5.41) is 0. The lowest BCUT2D eigenvalue weighted by Crippen LogP contribution is -2.27. The first-order chi connectivity index (χ1) is 9.46. The summed E-state index contributed by atoms with van der Waals surface area (Å²) in [4.78, 5) is 13.4. The van der Waals surface area contributed by atoms with Crippen LogP contribution in [0.25, 0.3) is 0 Å². The van der Waals surface area contributed by atoms with Gasteiger partial charge in [0.05, 0.1) is 12.8 Å². The molecule has 0 saturated carbocycles. The number of aromatic nitrogens is 1. The Hall–Kier alpha value is -2.28. The van der Waals surface area contributed by atoms with E-state index in [1.54, 1.807) is 24.3 Å². The fraction of sp³-hybridized carbons (Fsp3) is 0.154. The second-order valence-corrected chi connectivity index (χ2v) is 6.00. The average Bonchev–Trinajstić information content (AvgIpc) is 2.46. The van der Waals surface area contributed by atoms with Crippen LogP contribution in [0.3, 0.4) is 0 Å². The Bertz CT molecular complexity index is 747. The van der Waals surface area contributed by atoms with Crippen molar-refractivity contribution in [1.82, 2.24) is 4.98 Å². The maximum absolute atomic E-state index is 12.5. The monoisotopic (exact) mass is 294 g/mol. The molecule has 0 aliphatic heterocycles. The van der Waals surface area contributed by atoms with Gasteiger partial charge in [0.2, 0.25) is 5.56 Å². The molecule has 0 amide bonds. The molecule has 7 heteroatoms. The maximum Gasteiger partial charge on any atom is 0.265 e. The van der Waals surface area contributed by atoms with Gasteiger partial charge in [-0.1, -0.05) is 12.1 Å². The zero-order valence-corrected chi connectivity index (χ0v) is 11.8. The first-order valence-corrected chi connectivity index (χ1v) is 7.21. The zero-order chi connectivity index (χ0) is 14.8. The van der Waals surface area contributed by atoms with Crippen LogP contribution in [0.4, 0.5) is 5.69 Å². The van der Waals surface area contributed by atoms with Crippen molar-refractivity contribution in [2.24, 2.45) is 0 Å². The minimum absolute atomic E-state index is 0.00510. The third-order valence-electron chi connectivity index (χ3n) is 2.84. The molecule has 0 bridgehead atoms. The van der Waals surface area contributed by atoms with Crippen LogP contribution in [0.5, 0.6) is 5.75 Å². The van der Waals surface area contributed by atoms with Crippen molar-refractivity contribution in [3.05, 3.63) is 52.9 Å². The lowest BCUT2D eigenvalue weighted by atomic mass is 10.3. The van der Waals surface area contributed by atoms with Crippen molar-refractivity contribution >= 4 is 15.7 Å². The lowest BCUT2D eigenvalue weighted by molar-refractivity contribution is 0.416. The molecular formula is C13H14N2O4S. The van der Waals surface area contributed by atoms with E-state index in [4.69, 9.17) is 4.74 Å². The molecule has 106 valence electrons. The molecular weight excluding hydrogens is 280 g/mol. The third-order valence-corrected chi connectivity index (χ3v) is 4.61. The number of pyridine rings is 1. The van der Waals surface area contributed by atoms with Gasteiger partial charge in [0.1, 0.15) is 10.6 Å². The number of nitrogens with zero attached hydrogens (tertiary/aromatic N) is 1. The van der Waals surface area contributed by atoms with E-state index in [-0.39, 0.29) is 10.5 Å². The SMILES string of the molecule is COc1ccccc1N(C)S(=O)(=O)c1ccc(=O)[nH]c1.